The number of carbonyl (C=O) groups is 1. The molecule has 0 saturated carbocycles. The number of benzene rings is 2. The number of hydrogen-bond donors (Lipinski definition) is 2. The highest BCUT2D eigenvalue weighted by atomic mass is 35.5. The maximum atomic E-state index is 12.2. The lowest BCUT2D eigenvalue weighted by atomic mass is 9.87. The first kappa shape index (κ1) is 15.4. The van der Waals surface area contributed by atoms with Crippen molar-refractivity contribution >= 4 is 28.9 Å². The van der Waals surface area contributed by atoms with E-state index in [1.54, 1.807) is 18.2 Å². The molecule has 3 N–H and O–H groups in total. The largest absolute Gasteiger partial charge is 0.399 e. The van der Waals surface area contributed by atoms with Crippen molar-refractivity contribution in [2.45, 2.75) is 26.2 Å². The van der Waals surface area contributed by atoms with Crippen LogP contribution < -0.4 is 11.1 Å². The Morgan fingerprint density at radius 1 is 1.10 bits per heavy atom. The third kappa shape index (κ3) is 3.76. The lowest BCUT2D eigenvalue weighted by Gasteiger charge is -2.19. The number of nitrogens with one attached hydrogen (secondary N) is 1. The molecular formula is C17H19ClN2O. The molecule has 0 aromatic heterocycles. The van der Waals surface area contributed by atoms with E-state index < -0.39 is 0 Å². The molecule has 0 radical (unpaired) electrons. The van der Waals surface area contributed by atoms with Crippen LogP contribution in [0.25, 0.3) is 0 Å². The Morgan fingerprint density at radius 2 is 1.71 bits per heavy atom. The lowest BCUT2D eigenvalue weighted by Crippen LogP contribution is -2.14. The minimum atomic E-state index is -0.206. The number of carbonyl (C=O) groups excluding carboxylic acids is 1. The predicted molar refractivity (Wildman–Crippen MR) is 89.0 cm³/mol. The van der Waals surface area contributed by atoms with Crippen LogP contribution in [0.5, 0.6) is 0 Å². The van der Waals surface area contributed by atoms with Gasteiger partial charge >= 0.3 is 0 Å². The first-order chi connectivity index (χ1) is 9.77. The molecule has 0 bridgehead atoms. The fourth-order valence-electron chi connectivity index (χ4n) is 1.95. The summed E-state index contributed by atoms with van der Waals surface area (Å²) in [7, 11) is 0. The molecule has 0 heterocycles. The van der Waals surface area contributed by atoms with Crippen molar-refractivity contribution in [2.75, 3.05) is 11.1 Å². The van der Waals surface area contributed by atoms with Gasteiger partial charge in [-0.15, -0.1) is 0 Å². The standard InChI is InChI=1S/C17H19ClN2O/c1-17(2,3)12-6-4-11(5-7-12)16(21)20-15-10-13(19)8-9-14(15)18/h4-10H,19H2,1-3H3,(H,20,21). The van der Waals surface area contributed by atoms with Crippen LogP contribution in [-0.2, 0) is 5.41 Å². The fourth-order valence-corrected chi connectivity index (χ4v) is 2.12. The third-order valence-corrected chi connectivity index (χ3v) is 3.58. The van der Waals surface area contributed by atoms with Gasteiger partial charge in [-0.2, -0.15) is 0 Å². The lowest BCUT2D eigenvalue weighted by molar-refractivity contribution is 0.102. The molecule has 110 valence electrons. The van der Waals surface area contributed by atoms with E-state index >= 15 is 0 Å². The normalized spacial score (nSPS) is 11.2. The summed E-state index contributed by atoms with van der Waals surface area (Å²) in [5.74, 6) is -0.206. The first-order valence-corrected chi connectivity index (χ1v) is 7.12. The molecule has 0 saturated heterocycles. The van der Waals surface area contributed by atoms with Gasteiger partial charge in [0.1, 0.15) is 0 Å². The zero-order valence-corrected chi connectivity index (χ0v) is 13.2. The maximum absolute atomic E-state index is 12.2. The van der Waals surface area contributed by atoms with Crippen LogP contribution >= 0.6 is 11.6 Å². The molecule has 0 aliphatic heterocycles. The van der Waals surface area contributed by atoms with Gasteiger partial charge in [0.25, 0.3) is 5.91 Å². The smallest absolute Gasteiger partial charge is 0.255 e. The molecule has 2 aromatic rings. The molecule has 0 fully saturated rings. The van der Waals surface area contributed by atoms with Crippen molar-refractivity contribution in [3.05, 3.63) is 58.6 Å². The number of rotatable bonds is 2. The average Bonchev–Trinajstić information content (AvgIpc) is 2.42. The van der Waals surface area contributed by atoms with Gasteiger partial charge in [0.15, 0.2) is 0 Å². The summed E-state index contributed by atoms with van der Waals surface area (Å²) in [5, 5.41) is 3.24. The van der Waals surface area contributed by atoms with E-state index in [0.717, 1.165) is 0 Å². The number of nitrogens with two attached hydrogens (primary N) is 1. The molecule has 4 heteroatoms. The fraction of sp³-hybridized carbons (Fsp3) is 0.235. The highest BCUT2D eigenvalue weighted by molar-refractivity contribution is 6.34. The number of hydrogen-bond acceptors (Lipinski definition) is 2. The van der Waals surface area contributed by atoms with Crippen molar-refractivity contribution < 1.29 is 4.79 Å². The van der Waals surface area contributed by atoms with E-state index in [1.807, 2.05) is 24.3 Å². The topological polar surface area (TPSA) is 55.1 Å². The molecule has 0 aliphatic carbocycles. The van der Waals surface area contributed by atoms with Gasteiger partial charge in [-0.25, -0.2) is 0 Å². The van der Waals surface area contributed by atoms with Crippen LogP contribution in [0.15, 0.2) is 42.5 Å². The third-order valence-electron chi connectivity index (χ3n) is 3.25. The van der Waals surface area contributed by atoms with Gasteiger partial charge in [0.05, 0.1) is 10.7 Å². The number of nitrogen functional groups attached to an aromatic ring is 1. The van der Waals surface area contributed by atoms with E-state index in [1.165, 1.54) is 5.56 Å². The molecule has 21 heavy (non-hydrogen) atoms. The second-order valence-electron chi connectivity index (χ2n) is 6.02. The van der Waals surface area contributed by atoms with Crippen molar-refractivity contribution in [2.24, 2.45) is 0 Å². The second-order valence-corrected chi connectivity index (χ2v) is 6.43. The Balaban J connectivity index is 2.19. The Morgan fingerprint density at radius 3 is 2.29 bits per heavy atom. The van der Waals surface area contributed by atoms with Crippen LogP contribution in [0.2, 0.25) is 5.02 Å². The Bertz CT molecular complexity index is 657. The van der Waals surface area contributed by atoms with Crippen molar-refractivity contribution in [1.29, 1.82) is 0 Å². The molecule has 0 aliphatic rings. The molecule has 1 amide bonds. The molecule has 0 unspecified atom stereocenters. The maximum Gasteiger partial charge on any atom is 0.255 e. The van der Waals surface area contributed by atoms with Gasteiger partial charge in [-0.3, -0.25) is 4.79 Å². The Kier molecular flexibility index (Phi) is 4.24. The second kappa shape index (κ2) is 5.78. The molecule has 2 aromatic carbocycles. The zero-order chi connectivity index (χ0) is 15.6. The number of amides is 1. The molecule has 3 nitrogen and oxygen atoms in total. The summed E-state index contributed by atoms with van der Waals surface area (Å²) in [6.07, 6.45) is 0. The monoisotopic (exact) mass is 302 g/mol. The summed E-state index contributed by atoms with van der Waals surface area (Å²) < 4.78 is 0. The van der Waals surface area contributed by atoms with E-state index in [4.69, 9.17) is 17.3 Å². The highest BCUT2D eigenvalue weighted by Crippen LogP contribution is 2.25. The van der Waals surface area contributed by atoms with Gasteiger partial charge < -0.3 is 11.1 Å². The van der Waals surface area contributed by atoms with Crippen LogP contribution in [0.4, 0.5) is 11.4 Å². The summed E-state index contributed by atoms with van der Waals surface area (Å²) in [6.45, 7) is 6.40. The van der Waals surface area contributed by atoms with Gasteiger partial charge in [-0.1, -0.05) is 44.5 Å². The molecular weight excluding hydrogens is 284 g/mol. The number of anilines is 2. The van der Waals surface area contributed by atoms with E-state index in [2.05, 4.69) is 26.1 Å². The van der Waals surface area contributed by atoms with Gasteiger partial charge in [-0.05, 0) is 41.3 Å². The van der Waals surface area contributed by atoms with Crippen LogP contribution in [0.1, 0.15) is 36.7 Å². The SMILES string of the molecule is CC(C)(C)c1ccc(C(=O)Nc2cc(N)ccc2Cl)cc1. The van der Waals surface area contributed by atoms with Crippen molar-refractivity contribution in [3.8, 4) is 0 Å². The van der Waals surface area contributed by atoms with Gasteiger partial charge in [0, 0.05) is 11.3 Å². The Hall–Kier alpha value is -2.00. The van der Waals surface area contributed by atoms with Crippen molar-refractivity contribution in [1.82, 2.24) is 0 Å². The summed E-state index contributed by atoms with van der Waals surface area (Å²) in [4.78, 5) is 12.2. The average molecular weight is 303 g/mol. The summed E-state index contributed by atoms with van der Waals surface area (Å²) in [6, 6.07) is 12.6. The summed E-state index contributed by atoms with van der Waals surface area (Å²) in [5.41, 5.74) is 8.60. The molecule has 0 atom stereocenters. The molecule has 2 rings (SSSR count). The van der Waals surface area contributed by atoms with Crippen LogP contribution in [0, 0.1) is 0 Å². The highest BCUT2D eigenvalue weighted by Gasteiger charge is 2.14. The van der Waals surface area contributed by atoms with Crippen LogP contribution in [0.3, 0.4) is 0 Å². The van der Waals surface area contributed by atoms with Crippen LogP contribution in [-0.4, -0.2) is 5.91 Å². The van der Waals surface area contributed by atoms with Crippen molar-refractivity contribution in [3.63, 3.8) is 0 Å². The molecule has 0 spiro atoms. The predicted octanol–water partition coefficient (Wildman–Crippen LogP) is 4.47. The Labute approximate surface area is 130 Å². The van der Waals surface area contributed by atoms with E-state index in [9.17, 15) is 4.79 Å². The minimum absolute atomic E-state index is 0.0617. The zero-order valence-electron chi connectivity index (χ0n) is 12.4. The first-order valence-electron chi connectivity index (χ1n) is 6.74. The van der Waals surface area contributed by atoms with E-state index in [0.29, 0.717) is 22.0 Å². The summed E-state index contributed by atoms with van der Waals surface area (Å²) >= 11 is 6.04. The quantitative estimate of drug-likeness (QED) is 0.804. The van der Waals surface area contributed by atoms with Gasteiger partial charge in [0.2, 0.25) is 0 Å². The van der Waals surface area contributed by atoms with E-state index in [-0.39, 0.29) is 11.3 Å². The number of halogens is 1. The minimum Gasteiger partial charge on any atom is -0.399 e.